The van der Waals surface area contributed by atoms with Gasteiger partial charge < -0.3 is 14.6 Å². The van der Waals surface area contributed by atoms with Gasteiger partial charge in [-0.25, -0.2) is 0 Å². The number of ether oxygens (including phenoxy) is 2. The molecule has 1 unspecified atom stereocenters. The van der Waals surface area contributed by atoms with E-state index in [2.05, 4.69) is 0 Å². The minimum absolute atomic E-state index is 0.0701. The summed E-state index contributed by atoms with van der Waals surface area (Å²) in [7, 11) is -1.55. The first-order chi connectivity index (χ1) is 11.1. The number of rotatable bonds is 15. The summed E-state index contributed by atoms with van der Waals surface area (Å²) in [6, 6.07) is 0. The minimum Gasteiger partial charge on any atom is -0.462 e. The molecule has 0 bridgehead atoms. The molecule has 0 radical (unpaired) electrons. The highest BCUT2D eigenvalue weighted by Crippen LogP contribution is 2.15. The molecule has 0 amide bonds. The molecule has 0 rings (SSSR count). The van der Waals surface area contributed by atoms with E-state index in [-0.39, 0.29) is 31.8 Å². The maximum absolute atomic E-state index is 11.4. The fourth-order valence-electron chi connectivity index (χ4n) is 1.75. The first-order valence-electron chi connectivity index (χ1n) is 8.02. The van der Waals surface area contributed by atoms with E-state index in [4.69, 9.17) is 19.1 Å². The SMILES string of the molecule is C[P+](=O)OCCCCCC(=O)OCCOC(=O)CCCCCO. The van der Waals surface area contributed by atoms with Gasteiger partial charge in [0.1, 0.15) is 19.8 Å². The summed E-state index contributed by atoms with van der Waals surface area (Å²) in [5, 5.41) is 8.60. The van der Waals surface area contributed by atoms with Gasteiger partial charge in [0.25, 0.3) is 0 Å². The summed E-state index contributed by atoms with van der Waals surface area (Å²) in [6.45, 7) is 2.23. The summed E-state index contributed by atoms with van der Waals surface area (Å²) in [4.78, 5) is 22.7. The smallest absolute Gasteiger partial charge is 0.462 e. The van der Waals surface area contributed by atoms with Gasteiger partial charge in [-0.05, 0) is 30.2 Å². The molecule has 0 aliphatic carbocycles. The van der Waals surface area contributed by atoms with Crippen LogP contribution >= 0.6 is 8.03 Å². The van der Waals surface area contributed by atoms with Gasteiger partial charge in [0, 0.05) is 19.4 Å². The number of carbonyl (C=O) groups excluding carboxylic acids is 2. The quantitative estimate of drug-likeness (QED) is 0.275. The van der Waals surface area contributed by atoms with Crippen LogP contribution in [0.2, 0.25) is 0 Å². The molecule has 23 heavy (non-hydrogen) atoms. The predicted octanol–water partition coefficient (Wildman–Crippen LogP) is 2.57. The first kappa shape index (κ1) is 22.0. The standard InChI is InChI=1S/C15H28O7P/c1-23(19)22-11-7-3-5-9-15(18)21-13-12-20-14(17)8-4-2-6-10-16/h16H,2-13H2,1H3/q+1. The van der Waals surface area contributed by atoms with E-state index in [1.807, 2.05) is 0 Å². The third-order valence-electron chi connectivity index (χ3n) is 2.95. The van der Waals surface area contributed by atoms with Gasteiger partial charge in [-0.15, -0.1) is 4.52 Å². The molecular formula is C15H28O7P+. The van der Waals surface area contributed by atoms with Crippen LogP contribution in [-0.4, -0.2) is 50.1 Å². The van der Waals surface area contributed by atoms with Crippen molar-refractivity contribution < 1.29 is 33.3 Å². The van der Waals surface area contributed by atoms with E-state index in [0.717, 1.165) is 19.3 Å². The highest BCUT2D eigenvalue weighted by atomic mass is 31.1. The van der Waals surface area contributed by atoms with Crippen LogP contribution in [0.1, 0.15) is 51.4 Å². The maximum Gasteiger partial charge on any atom is 0.504 e. The number of carbonyl (C=O) groups is 2. The molecule has 0 aromatic rings. The molecule has 0 aliphatic heterocycles. The molecule has 0 saturated carbocycles. The molecule has 0 aromatic carbocycles. The van der Waals surface area contributed by atoms with Crippen LogP contribution in [-0.2, 0) is 28.2 Å². The Balaban J connectivity index is 3.35. The molecule has 0 aromatic heterocycles. The Hall–Kier alpha value is -1.04. The van der Waals surface area contributed by atoms with Gasteiger partial charge in [-0.1, -0.05) is 12.8 Å². The van der Waals surface area contributed by atoms with Gasteiger partial charge in [-0.2, -0.15) is 0 Å². The van der Waals surface area contributed by atoms with Crippen molar-refractivity contribution in [2.75, 3.05) is 33.1 Å². The lowest BCUT2D eigenvalue weighted by Gasteiger charge is -2.06. The van der Waals surface area contributed by atoms with Gasteiger partial charge in [-0.3, -0.25) is 9.59 Å². The predicted molar refractivity (Wildman–Crippen MR) is 85.4 cm³/mol. The zero-order valence-corrected chi connectivity index (χ0v) is 14.7. The first-order valence-corrected chi connectivity index (χ1v) is 9.64. The Morgan fingerprint density at radius 3 is 1.83 bits per heavy atom. The second kappa shape index (κ2) is 15.8. The summed E-state index contributed by atoms with van der Waals surface area (Å²) in [6.07, 6.45) is 5.06. The van der Waals surface area contributed by atoms with Crippen molar-refractivity contribution in [3.8, 4) is 0 Å². The van der Waals surface area contributed by atoms with Crippen LogP contribution in [0.25, 0.3) is 0 Å². The number of aliphatic hydroxyl groups excluding tert-OH is 1. The minimum atomic E-state index is -1.55. The van der Waals surface area contributed by atoms with E-state index >= 15 is 0 Å². The molecular weight excluding hydrogens is 323 g/mol. The fraction of sp³-hybridized carbons (Fsp3) is 0.867. The topological polar surface area (TPSA) is 99.1 Å². The van der Waals surface area contributed by atoms with Crippen molar-refractivity contribution in [3.05, 3.63) is 0 Å². The van der Waals surface area contributed by atoms with Crippen LogP contribution in [0.15, 0.2) is 0 Å². The van der Waals surface area contributed by atoms with E-state index in [9.17, 15) is 14.2 Å². The Morgan fingerprint density at radius 2 is 1.35 bits per heavy atom. The molecule has 8 heteroatoms. The number of esters is 2. The maximum atomic E-state index is 11.4. The van der Waals surface area contributed by atoms with E-state index < -0.39 is 8.03 Å². The Bertz CT molecular complexity index is 347. The highest BCUT2D eigenvalue weighted by Gasteiger charge is 2.07. The second-order valence-corrected chi connectivity index (χ2v) is 6.20. The number of aliphatic hydroxyl groups is 1. The van der Waals surface area contributed by atoms with E-state index in [1.54, 1.807) is 0 Å². The van der Waals surface area contributed by atoms with Crippen molar-refractivity contribution in [3.63, 3.8) is 0 Å². The molecule has 0 saturated heterocycles. The van der Waals surface area contributed by atoms with Crippen LogP contribution in [0.5, 0.6) is 0 Å². The molecule has 0 spiro atoms. The van der Waals surface area contributed by atoms with E-state index in [1.165, 1.54) is 6.66 Å². The number of unbranched alkanes of at least 4 members (excludes halogenated alkanes) is 4. The van der Waals surface area contributed by atoms with Crippen molar-refractivity contribution in [2.45, 2.75) is 51.4 Å². The summed E-state index contributed by atoms with van der Waals surface area (Å²) < 4.78 is 25.5. The van der Waals surface area contributed by atoms with Crippen molar-refractivity contribution in [1.82, 2.24) is 0 Å². The third-order valence-corrected chi connectivity index (χ3v) is 3.49. The lowest BCUT2D eigenvalue weighted by atomic mass is 10.2. The Kier molecular flexibility index (Phi) is 15.1. The van der Waals surface area contributed by atoms with Crippen molar-refractivity contribution in [1.29, 1.82) is 0 Å². The van der Waals surface area contributed by atoms with Crippen molar-refractivity contribution >= 4 is 20.0 Å². The largest absolute Gasteiger partial charge is 0.504 e. The number of hydrogen-bond donors (Lipinski definition) is 1. The van der Waals surface area contributed by atoms with Crippen LogP contribution in [0, 0.1) is 0 Å². The second-order valence-electron chi connectivity index (χ2n) is 5.06. The van der Waals surface area contributed by atoms with Crippen LogP contribution in [0.4, 0.5) is 0 Å². The zero-order chi connectivity index (χ0) is 17.3. The average molecular weight is 351 g/mol. The van der Waals surface area contributed by atoms with Crippen LogP contribution in [0.3, 0.4) is 0 Å². The lowest BCUT2D eigenvalue weighted by Crippen LogP contribution is -2.13. The van der Waals surface area contributed by atoms with E-state index in [0.29, 0.717) is 38.7 Å². The molecule has 1 N–H and O–H groups in total. The number of hydrogen-bond acceptors (Lipinski definition) is 7. The molecule has 134 valence electrons. The van der Waals surface area contributed by atoms with Gasteiger partial charge >= 0.3 is 20.0 Å². The monoisotopic (exact) mass is 351 g/mol. The molecule has 0 heterocycles. The Labute approximate surface area is 138 Å². The average Bonchev–Trinajstić information content (AvgIpc) is 2.51. The summed E-state index contributed by atoms with van der Waals surface area (Å²) in [5.74, 6) is -0.625. The molecule has 0 fully saturated rings. The van der Waals surface area contributed by atoms with Crippen LogP contribution < -0.4 is 0 Å². The summed E-state index contributed by atoms with van der Waals surface area (Å²) in [5.41, 5.74) is 0. The molecule has 0 aliphatic rings. The highest BCUT2D eigenvalue weighted by molar-refractivity contribution is 7.38. The lowest BCUT2D eigenvalue weighted by molar-refractivity contribution is -0.152. The van der Waals surface area contributed by atoms with Crippen molar-refractivity contribution in [2.24, 2.45) is 0 Å². The third kappa shape index (κ3) is 17.2. The molecule has 7 nitrogen and oxygen atoms in total. The zero-order valence-electron chi connectivity index (χ0n) is 13.8. The Morgan fingerprint density at radius 1 is 0.826 bits per heavy atom. The summed E-state index contributed by atoms with van der Waals surface area (Å²) >= 11 is 0. The van der Waals surface area contributed by atoms with Gasteiger partial charge in [0.15, 0.2) is 6.66 Å². The van der Waals surface area contributed by atoms with Gasteiger partial charge in [0.2, 0.25) is 0 Å². The fourth-order valence-corrected chi connectivity index (χ4v) is 2.14. The molecule has 1 atom stereocenters. The van der Waals surface area contributed by atoms with Gasteiger partial charge in [0.05, 0.1) is 0 Å². The normalized spacial score (nSPS) is 11.1.